The van der Waals surface area contributed by atoms with Crippen molar-refractivity contribution in [3.63, 3.8) is 0 Å². The average molecular weight is 325 g/mol. The van der Waals surface area contributed by atoms with Gasteiger partial charge in [0, 0.05) is 18.5 Å². The summed E-state index contributed by atoms with van der Waals surface area (Å²) in [5.41, 5.74) is -0.340. The highest BCUT2D eigenvalue weighted by Crippen LogP contribution is 2.34. The maximum Gasteiger partial charge on any atom is 0.416 e. The first-order valence-electron chi connectivity index (χ1n) is 7.73. The van der Waals surface area contributed by atoms with E-state index in [0.717, 1.165) is 37.8 Å². The van der Waals surface area contributed by atoms with Gasteiger partial charge < -0.3 is 4.90 Å². The van der Waals surface area contributed by atoms with Gasteiger partial charge in [0.2, 0.25) is 5.91 Å². The Morgan fingerprint density at radius 3 is 2.22 bits per heavy atom. The number of amides is 1. The molecule has 0 atom stereocenters. The lowest BCUT2D eigenvalue weighted by Crippen LogP contribution is -2.39. The highest BCUT2D eigenvalue weighted by molar-refractivity contribution is 5.93. The van der Waals surface area contributed by atoms with Gasteiger partial charge in [-0.3, -0.25) is 4.79 Å². The van der Waals surface area contributed by atoms with E-state index in [4.69, 9.17) is 6.42 Å². The fourth-order valence-corrected chi connectivity index (χ4v) is 2.73. The molecule has 126 valence electrons. The van der Waals surface area contributed by atoms with E-state index in [1.165, 1.54) is 13.0 Å². The molecule has 0 bridgehead atoms. The number of carbonyl (C=O) groups is 1. The summed E-state index contributed by atoms with van der Waals surface area (Å²) in [6.07, 6.45) is 4.24. The molecule has 2 nitrogen and oxygen atoms in total. The Morgan fingerprint density at radius 1 is 1.26 bits per heavy atom. The second-order valence-corrected chi connectivity index (χ2v) is 5.49. The molecule has 0 saturated carbocycles. The SMILES string of the molecule is C#Cc1cc(C(F)(F)F)ccc1N(C(C)=O)C(CCC)CCC. The number of halogens is 3. The third kappa shape index (κ3) is 4.75. The lowest BCUT2D eigenvalue weighted by atomic mass is 10.0. The van der Waals surface area contributed by atoms with E-state index in [2.05, 4.69) is 5.92 Å². The maximum atomic E-state index is 12.8. The first kappa shape index (κ1) is 19.1. The van der Waals surface area contributed by atoms with Crippen LogP contribution in [-0.4, -0.2) is 11.9 Å². The molecule has 0 unspecified atom stereocenters. The minimum Gasteiger partial charge on any atom is -0.308 e. The number of alkyl halides is 3. The minimum absolute atomic E-state index is 0.0636. The molecule has 0 heterocycles. The van der Waals surface area contributed by atoms with Crippen LogP contribution < -0.4 is 4.90 Å². The molecule has 0 aromatic heterocycles. The Balaban J connectivity index is 3.37. The van der Waals surface area contributed by atoms with Gasteiger partial charge in [0.05, 0.1) is 11.3 Å². The van der Waals surface area contributed by atoms with Crippen LogP contribution in [0.3, 0.4) is 0 Å². The summed E-state index contributed by atoms with van der Waals surface area (Å²) in [5.74, 6) is 2.07. The van der Waals surface area contributed by atoms with Gasteiger partial charge >= 0.3 is 6.18 Å². The van der Waals surface area contributed by atoms with E-state index in [0.29, 0.717) is 5.69 Å². The quantitative estimate of drug-likeness (QED) is 0.673. The summed E-state index contributed by atoms with van der Waals surface area (Å²) >= 11 is 0. The molecule has 0 radical (unpaired) electrons. The number of anilines is 1. The van der Waals surface area contributed by atoms with Crippen molar-refractivity contribution in [3.8, 4) is 12.3 Å². The molecular formula is C18H22F3NO. The summed E-state index contributed by atoms with van der Waals surface area (Å²) in [6, 6.07) is 3.14. The molecule has 1 aromatic carbocycles. The van der Waals surface area contributed by atoms with Crippen LogP contribution in [0.15, 0.2) is 18.2 Å². The smallest absolute Gasteiger partial charge is 0.308 e. The van der Waals surface area contributed by atoms with Crippen LogP contribution in [0.1, 0.15) is 57.6 Å². The highest BCUT2D eigenvalue weighted by Gasteiger charge is 2.32. The number of terminal acetylenes is 1. The van der Waals surface area contributed by atoms with Gasteiger partial charge in [-0.05, 0) is 31.0 Å². The van der Waals surface area contributed by atoms with E-state index in [-0.39, 0.29) is 17.5 Å². The third-order valence-electron chi connectivity index (χ3n) is 3.69. The second-order valence-electron chi connectivity index (χ2n) is 5.49. The number of hydrogen-bond acceptors (Lipinski definition) is 1. The molecule has 0 fully saturated rings. The van der Waals surface area contributed by atoms with Crippen molar-refractivity contribution in [2.45, 2.75) is 58.7 Å². The zero-order chi connectivity index (χ0) is 17.6. The van der Waals surface area contributed by atoms with Gasteiger partial charge in [0.25, 0.3) is 0 Å². The standard InChI is InChI=1S/C18H22F3NO/c1-5-8-16(9-6-2)22(13(4)23)17-11-10-15(18(19,20)21)12-14(17)7-3/h3,10-12,16H,5-6,8-9H2,1-2,4H3. The van der Waals surface area contributed by atoms with E-state index in [9.17, 15) is 18.0 Å². The third-order valence-corrected chi connectivity index (χ3v) is 3.69. The fourth-order valence-electron chi connectivity index (χ4n) is 2.73. The first-order chi connectivity index (χ1) is 10.8. The Hall–Kier alpha value is -1.96. The predicted molar refractivity (Wildman–Crippen MR) is 86.1 cm³/mol. The van der Waals surface area contributed by atoms with Gasteiger partial charge in [-0.1, -0.05) is 32.6 Å². The Kier molecular flexibility index (Phi) is 6.68. The van der Waals surface area contributed by atoms with Gasteiger partial charge in [-0.25, -0.2) is 0 Å². The van der Waals surface area contributed by atoms with Crippen molar-refractivity contribution in [2.75, 3.05) is 4.90 Å². The van der Waals surface area contributed by atoms with Crippen molar-refractivity contribution in [3.05, 3.63) is 29.3 Å². The van der Waals surface area contributed by atoms with Crippen LogP contribution in [0.4, 0.5) is 18.9 Å². The highest BCUT2D eigenvalue weighted by atomic mass is 19.4. The zero-order valence-corrected chi connectivity index (χ0v) is 13.7. The van der Waals surface area contributed by atoms with Crippen molar-refractivity contribution in [1.82, 2.24) is 0 Å². The van der Waals surface area contributed by atoms with E-state index < -0.39 is 11.7 Å². The number of rotatable bonds is 6. The predicted octanol–water partition coefficient (Wildman–Crippen LogP) is 5.01. The Labute approximate surface area is 135 Å². The molecular weight excluding hydrogens is 303 g/mol. The lowest BCUT2D eigenvalue weighted by Gasteiger charge is -2.32. The molecule has 1 aromatic rings. The molecule has 1 amide bonds. The molecule has 0 aliphatic rings. The van der Waals surface area contributed by atoms with Crippen LogP contribution in [0.5, 0.6) is 0 Å². The molecule has 5 heteroatoms. The zero-order valence-electron chi connectivity index (χ0n) is 13.7. The monoisotopic (exact) mass is 325 g/mol. The fraction of sp³-hybridized carbons (Fsp3) is 0.500. The van der Waals surface area contributed by atoms with Crippen molar-refractivity contribution in [1.29, 1.82) is 0 Å². The van der Waals surface area contributed by atoms with Crippen LogP contribution in [0.2, 0.25) is 0 Å². The second kappa shape index (κ2) is 8.05. The molecule has 0 spiro atoms. The van der Waals surface area contributed by atoms with Crippen molar-refractivity contribution >= 4 is 11.6 Å². The first-order valence-corrected chi connectivity index (χ1v) is 7.73. The van der Waals surface area contributed by atoms with E-state index >= 15 is 0 Å². The van der Waals surface area contributed by atoms with Gasteiger partial charge in [0.15, 0.2) is 0 Å². The molecule has 0 aliphatic carbocycles. The normalized spacial score (nSPS) is 11.4. The molecule has 1 rings (SSSR count). The summed E-state index contributed by atoms with van der Waals surface area (Å²) in [7, 11) is 0. The van der Waals surface area contributed by atoms with Crippen LogP contribution >= 0.6 is 0 Å². The van der Waals surface area contributed by atoms with Crippen LogP contribution in [-0.2, 0) is 11.0 Å². The lowest BCUT2D eigenvalue weighted by molar-refractivity contribution is -0.137. The molecule has 23 heavy (non-hydrogen) atoms. The molecule has 0 aliphatic heterocycles. The summed E-state index contributed by atoms with van der Waals surface area (Å²) in [6.45, 7) is 5.43. The number of benzene rings is 1. The van der Waals surface area contributed by atoms with Gasteiger partial charge in [-0.2, -0.15) is 13.2 Å². The summed E-state index contributed by atoms with van der Waals surface area (Å²) in [5, 5.41) is 0. The Morgan fingerprint density at radius 2 is 1.83 bits per heavy atom. The van der Waals surface area contributed by atoms with E-state index in [1.807, 2.05) is 13.8 Å². The Bertz CT molecular complexity index is 581. The number of nitrogens with zero attached hydrogens (tertiary/aromatic N) is 1. The van der Waals surface area contributed by atoms with Crippen molar-refractivity contribution < 1.29 is 18.0 Å². The number of hydrogen-bond donors (Lipinski definition) is 0. The van der Waals surface area contributed by atoms with Crippen molar-refractivity contribution in [2.24, 2.45) is 0 Å². The van der Waals surface area contributed by atoms with Crippen LogP contribution in [0, 0.1) is 12.3 Å². The largest absolute Gasteiger partial charge is 0.416 e. The van der Waals surface area contributed by atoms with Crippen LogP contribution in [0.25, 0.3) is 0 Å². The topological polar surface area (TPSA) is 20.3 Å². The minimum atomic E-state index is -4.46. The van der Waals surface area contributed by atoms with Gasteiger partial charge in [-0.15, -0.1) is 6.42 Å². The molecule has 0 saturated heterocycles. The van der Waals surface area contributed by atoms with E-state index in [1.54, 1.807) is 4.90 Å². The number of carbonyl (C=O) groups excluding carboxylic acids is 1. The maximum absolute atomic E-state index is 12.8. The average Bonchev–Trinajstić information content (AvgIpc) is 2.46. The molecule has 0 N–H and O–H groups in total. The van der Waals surface area contributed by atoms with Gasteiger partial charge in [0.1, 0.15) is 0 Å². The summed E-state index contributed by atoms with van der Waals surface area (Å²) in [4.78, 5) is 13.7. The summed E-state index contributed by atoms with van der Waals surface area (Å²) < 4.78 is 38.5.